The average molecular weight is 1050 g/mol. The predicted molar refractivity (Wildman–Crippen MR) is 273 cm³/mol. The van der Waals surface area contributed by atoms with Gasteiger partial charge in [0.2, 0.25) is 5.79 Å². The minimum absolute atomic E-state index is 0.0306. The number of Topliss-reactive ketones (excluding diaryl/α,β-unsaturated/α-hetero) is 3. The van der Waals surface area contributed by atoms with E-state index in [2.05, 4.69) is 0 Å². The second-order valence-corrected chi connectivity index (χ2v) is 21.9. The molecule has 74 heavy (non-hydrogen) atoms. The van der Waals surface area contributed by atoms with Crippen LogP contribution in [0.25, 0.3) is 0 Å². The van der Waals surface area contributed by atoms with Gasteiger partial charge in [0.1, 0.15) is 41.7 Å². The standard InChI is InChI=1S/C56H87NO17/c1-32-17-13-12-14-18-33(2)47(61)38(7)49(63)50(71-11)48(62)36(5)25-34(3)42(60)29-45(35(4)26-39-21-23-43(46(27-39)70-10)73-54(67)55(8,30-58)31-59)72-53(66)41-19-15-16-24-57(41)52(65)51(64)56(68)37(6)20-22-40(74-56)28-44(32)69-9/h12-14,17-18,25,33-35,37-41,43-48,50,58-59,61-62,68H,15-16,19-24,26-31H2,1-11H3/b13-12?,18-14+,32-17?,36-25+/t33-,34-,35-,37-,38-,39+,40?,41+,43-,44+,45+,46-,47?,48-,50-,56-/m1/s1. The SMILES string of the molecule is CO[C@H]1CC2CC[C@@H](C)[C@@](O)(O2)C(=O)C(=O)N2CCCC[C@H]2C(=O)O[C@H]([C@H](C)C[C@@H]2CC[C@@H](OC(=O)C(C)(CO)CO)[C@H](OC)C2)CC(=O)[C@H](C)/C=C(\C)[C@@H](O)[C@@H](OC)C(=O)[C@H](C)C(O)[C@H](C)/C=C/C=CC=C1C. The monoisotopic (exact) mass is 1050 g/mol. The lowest BCUT2D eigenvalue weighted by Gasteiger charge is -2.42. The van der Waals surface area contributed by atoms with Crippen molar-refractivity contribution >= 4 is 35.2 Å². The number of piperidine rings is 1. The van der Waals surface area contributed by atoms with Crippen molar-refractivity contribution in [2.24, 2.45) is 40.9 Å². The second-order valence-electron chi connectivity index (χ2n) is 21.9. The number of hydrogen-bond acceptors (Lipinski definition) is 17. The Morgan fingerprint density at radius 2 is 1.55 bits per heavy atom. The van der Waals surface area contributed by atoms with E-state index in [-0.39, 0.29) is 43.1 Å². The van der Waals surface area contributed by atoms with Gasteiger partial charge in [-0.2, -0.15) is 0 Å². The molecular formula is C56H87NO17. The Morgan fingerprint density at radius 3 is 2.19 bits per heavy atom. The first-order valence-corrected chi connectivity index (χ1v) is 26.5. The molecule has 3 aliphatic heterocycles. The first-order chi connectivity index (χ1) is 34.9. The van der Waals surface area contributed by atoms with Gasteiger partial charge in [-0.1, -0.05) is 71.1 Å². The van der Waals surface area contributed by atoms with Gasteiger partial charge in [-0.3, -0.25) is 24.0 Å². The highest BCUT2D eigenvalue weighted by Crippen LogP contribution is 2.38. The molecule has 3 heterocycles. The molecule has 2 saturated heterocycles. The molecular weight excluding hydrogens is 959 g/mol. The van der Waals surface area contributed by atoms with Gasteiger partial charge in [-0.15, -0.1) is 0 Å². The normalized spacial score (nSPS) is 37.0. The third-order valence-electron chi connectivity index (χ3n) is 16.2. The highest BCUT2D eigenvalue weighted by molar-refractivity contribution is 6.39. The third kappa shape index (κ3) is 15.6. The van der Waals surface area contributed by atoms with Crippen LogP contribution in [0.5, 0.6) is 0 Å². The Hall–Kier alpha value is -3.98. The Kier molecular flexibility index (Phi) is 24.0. The van der Waals surface area contributed by atoms with E-state index < -0.39 is 138 Å². The van der Waals surface area contributed by atoms with Gasteiger partial charge in [-0.05, 0) is 102 Å². The molecule has 1 aliphatic carbocycles. The van der Waals surface area contributed by atoms with E-state index in [0.717, 1.165) is 10.5 Å². The molecule has 0 aromatic rings. The number of carbonyl (C=O) groups excluding carboxylic acids is 6. The van der Waals surface area contributed by atoms with Gasteiger partial charge in [0, 0.05) is 64.4 Å². The van der Waals surface area contributed by atoms with Crippen molar-refractivity contribution < 1.29 is 82.7 Å². The summed E-state index contributed by atoms with van der Waals surface area (Å²) in [5.74, 6) is -10.8. The molecule has 16 atom stereocenters. The topological polar surface area (TPSA) is 262 Å². The number of cyclic esters (lactones) is 1. The highest BCUT2D eigenvalue weighted by Gasteiger charge is 2.53. The van der Waals surface area contributed by atoms with E-state index in [9.17, 15) is 54.3 Å². The van der Waals surface area contributed by atoms with E-state index in [4.69, 9.17) is 28.4 Å². The van der Waals surface area contributed by atoms with E-state index >= 15 is 0 Å². The molecule has 0 aromatic carbocycles. The lowest BCUT2D eigenvalue weighted by atomic mass is 9.78. The van der Waals surface area contributed by atoms with Crippen LogP contribution in [0.3, 0.4) is 0 Å². The maximum Gasteiger partial charge on any atom is 0.329 e. The number of ketones is 3. The number of amides is 1. The van der Waals surface area contributed by atoms with Crippen LogP contribution in [0, 0.1) is 40.9 Å². The van der Waals surface area contributed by atoms with Gasteiger partial charge in [0.15, 0.2) is 5.78 Å². The number of fused-ring (bicyclic) bond motifs is 3. The first-order valence-electron chi connectivity index (χ1n) is 26.5. The summed E-state index contributed by atoms with van der Waals surface area (Å²) in [5.41, 5.74) is -0.422. The van der Waals surface area contributed by atoms with Gasteiger partial charge >= 0.3 is 11.9 Å². The van der Waals surface area contributed by atoms with Crippen LogP contribution in [0.2, 0.25) is 0 Å². The molecule has 0 spiro atoms. The number of nitrogens with zero attached hydrogens (tertiary/aromatic N) is 1. The molecule has 1 amide bonds. The van der Waals surface area contributed by atoms with Crippen LogP contribution in [-0.2, 0) is 57.2 Å². The number of esters is 2. The van der Waals surface area contributed by atoms with Crippen molar-refractivity contribution in [1.29, 1.82) is 0 Å². The van der Waals surface area contributed by atoms with Crippen molar-refractivity contribution in [1.82, 2.24) is 4.90 Å². The molecule has 18 nitrogen and oxygen atoms in total. The molecule has 0 aromatic heterocycles. The summed E-state index contributed by atoms with van der Waals surface area (Å²) in [7, 11) is 4.32. The Bertz CT molecular complexity index is 2050. The molecule has 2 bridgehead atoms. The summed E-state index contributed by atoms with van der Waals surface area (Å²) in [6, 6.07) is -1.22. The fourth-order valence-corrected chi connectivity index (χ4v) is 10.6. The van der Waals surface area contributed by atoms with Crippen molar-refractivity contribution in [3.8, 4) is 0 Å². The maximum absolute atomic E-state index is 14.5. The molecule has 4 aliphatic rings. The van der Waals surface area contributed by atoms with Gasteiger partial charge in [0.05, 0.1) is 37.6 Å². The smallest absolute Gasteiger partial charge is 0.329 e. The fourth-order valence-electron chi connectivity index (χ4n) is 10.6. The molecule has 3 fully saturated rings. The summed E-state index contributed by atoms with van der Waals surface area (Å²) in [5, 5.41) is 54.4. The van der Waals surface area contributed by atoms with Crippen LogP contribution in [0.4, 0.5) is 0 Å². The Balaban J connectivity index is 1.71. The minimum atomic E-state index is -2.49. The number of ether oxygens (including phenoxy) is 6. The number of aliphatic hydroxyl groups is 5. The number of aliphatic hydroxyl groups excluding tert-OH is 4. The fraction of sp³-hybridized carbons (Fsp3) is 0.750. The lowest BCUT2D eigenvalue weighted by molar-refractivity contribution is -0.265. The van der Waals surface area contributed by atoms with Gasteiger partial charge < -0.3 is 58.9 Å². The van der Waals surface area contributed by atoms with Crippen LogP contribution in [0.1, 0.15) is 126 Å². The zero-order valence-corrected chi connectivity index (χ0v) is 45.6. The predicted octanol–water partition coefficient (Wildman–Crippen LogP) is 4.69. The number of rotatable bonds is 10. The molecule has 0 radical (unpaired) electrons. The first kappa shape index (κ1) is 62.6. The van der Waals surface area contributed by atoms with E-state index in [1.165, 1.54) is 34.3 Å². The van der Waals surface area contributed by atoms with Gasteiger partial charge in [0.25, 0.3) is 11.7 Å². The third-order valence-corrected chi connectivity index (χ3v) is 16.2. The van der Waals surface area contributed by atoms with Crippen LogP contribution in [0.15, 0.2) is 47.6 Å². The number of hydrogen-bond donors (Lipinski definition) is 5. The van der Waals surface area contributed by atoms with Crippen molar-refractivity contribution in [3.05, 3.63) is 47.6 Å². The molecule has 4 rings (SSSR count). The van der Waals surface area contributed by atoms with Crippen LogP contribution in [-0.4, -0.2) is 167 Å². The molecule has 418 valence electrons. The summed E-state index contributed by atoms with van der Waals surface area (Å²) in [6.45, 7) is 12.1. The molecule has 1 saturated carbocycles. The van der Waals surface area contributed by atoms with Crippen molar-refractivity contribution in [3.63, 3.8) is 0 Å². The van der Waals surface area contributed by atoms with Gasteiger partial charge in [-0.25, -0.2) is 4.79 Å². The van der Waals surface area contributed by atoms with Crippen LogP contribution >= 0.6 is 0 Å². The number of carbonyl (C=O) groups is 6. The average Bonchev–Trinajstić information content (AvgIpc) is 3.39. The van der Waals surface area contributed by atoms with Crippen molar-refractivity contribution in [2.75, 3.05) is 41.1 Å². The summed E-state index contributed by atoms with van der Waals surface area (Å²) in [6.07, 6.45) is 6.79. The van der Waals surface area contributed by atoms with Crippen molar-refractivity contribution in [2.45, 2.75) is 187 Å². The quantitative estimate of drug-likeness (QED) is 0.113. The second kappa shape index (κ2) is 28.4. The van der Waals surface area contributed by atoms with Crippen LogP contribution < -0.4 is 0 Å². The largest absolute Gasteiger partial charge is 0.460 e. The van der Waals surface area contributed by atoms with E-state index in [1.54, 1.807) is 58.9 Å². The minimum Gasteiger partial charge on any atom is -0.460 e. The summed E-state index contributed by atoms with van der Waals surface area (Å²) < 4.78 is 35.3. The van der Waals surface area contributed by atoms with E-state index in [0.29, 0.717) is 51.4 Å². The molecule has 18 heteroatoms. The number of methoxy groups -OCH3 is 3. The Labute approximate surface area is 437 Å². The molecule has 5 N–H and O–H groups in total. The Morgan fingerprint density at radius 1 is 0.865 bits per heavy atom. The zero-order chi connectivity index (χ0) is 55.2. The number of allylic oxidation sites excluding steroid dienone is 5. The summed E-state index contributed by atoms with van der Waals surface area (Å²) >= 11 is 0. The van der Waals surface area contributed by atoms with E-state index in [1.807, 2.05) is 19.9 Å². The molecule has 2 unspecified atom stereocenters. The summed E-state index contributed by atoms with van der Waals surface area (Å²) in [4.78, 5) is 85.5. The highest BCUT2D eigenvalue weighted by atomic mass is 16.6. The lowest BCUT2D eigenvalue weighted by Crippen LogP contribution is -2.61. The maximum atomic E-state index is 14.5. The zero-order valence-electron chi connectivity index (χ0n) is 45.6.